The fraction of sp³-hybridized carbons (Fsp3) is 0.350. The Morgan fingerprint density at radius 2 is 1.78 bits per heavy atom. The lowest BCUT2D eigenvalue weighted by Crippen LogP contribution is -2.31. The van der Waals surface area contributed by atoms with E-state index in [1.54, 1.807) is 56.3 Å². The van der Waals surface area contributed by atoms with Crippen LogP contribution in [0.1, 0.15) is 29.8 Å². The number of amides is 1. The fourth-order valence-electron chi connectivity index (χ4n) is 2.71. The molecule has 0 unspecified atom stereocenters. The molecule has 0 fully saturated rings. The zero-order chi connectivity index (χ0) is 20.2. The Balaban J connectivity index is 2.30. The summed E-state index contributed by atoms with van der Waals surface area (Å²) in [4.78, 5) is 14.4. The van der Waals surface area contributed by atoms with Gasteiger partial charge in [-0.3, -0.25) is 9.52 Å². The van der Waals surface area contributed by atoms with E-state index in [4.69, 9.17) is 4.74 Å². The molecule has 2 aromatic rings. The summed E-state index contributed by atoms with van der Waals surface area (Å²) in [5, 5.41) is 0. The molecule has 1 amide bonds. The molecule has 0 spiro atoms. The monoisotopic (exact) mass is 390 g/mol. The van der Waals surface area contributed by atoms with Gasteiger partial charge in [0.05, 0.1) is 12.0 Å². The lowest BCUT2D eigenvalue weighted by atomic mass is 10.1. The average molecular weight is 391 g/mol. The molecule has 0 saturated carbocycles. The first-order chi connectivity index (χ1) is 12.6. The van der Waals surface area contributed by atoms with Crippen LogP contribution >= 0.6 is 0 Å². The Kier molecular flexibility index (Phi) is 6.49. The predicted molar refractivity (Wildman–Crippen MR) is 107 cm³/mol. The third kappa shape index (κ3) is 5.23. The molecule has 2 aromatic carbocycles. The summed E-state index contributed by atoms with van der Waals surface area (Å²) >= 11 is 0. The zero-order valence-electron chi connectivity index (χ0n) is 16.3. The zero-order valence-corrected chi connectivity index (χ0v) is 17.1. The summed E-state index contributed by atoms with van der Waals surface area (Å²) in [6.45, 7) is 6.44. The second-order valence-corrected chi connectivity index (χ2v) is 8.57. The van der Waals surface area contributed by atoms with Crippen LogP contribution < -0.4 is 9.46 Å². The topological polar surface area (TPSA) is 75.7 Å². The Bertz CT molecular complexity index is 906. The maximum Gasteiger partial charge on any atom is 0.261 e. The van der Waals surface area contributed by atoms with Crippen molar-refractivity contribution in [2.75, 3.05) is 25.4 Å². The van der Waals surface area contributed by atoms with Gasteiger partial charge in [-0.2, -0.15) is 0 Å². The molecule has 27 heavy (non-hydrogen) atoms. The predicted octanol–water partition coefficient (Wildman–Crippen LogP) is 3.53. The van der Waals surface area contributed by atoms with Gasteiger partial charge in [0.1, 0.15) is 5.75 Å². The number of methoxy groups -OCH3 is 1. The number of sulfonamides is 1. The standard InChI is InChI=1S/C20H26N2O4S/c1-14(2)13-22(4)20(23)19-12-18(11-6-15(19)3)27(24,25)21-16-7-9-17(26-5)10-8-16/h6-12,14,21H,13H2,1-5H3. The highest BCUT2D eigenvalue weighted by molar-refractivity contribution is 7.92. The highest BCUT2D eigenvalue weighted by atomic mass is 32.2. The molecule has 0 saturated heterocycles. The number of carbonyl (C=O) groups excluding carboxylic acids is 1. The second kappa shape index (κ2) is 8.43. The molecule has 146 valence electrons. The van der Waals surface area contributed by atoms with Crippen LogP contribution in [0.25, 0.3) is 0 Å². The van der Waals surface area contributed by atoms with Crippen molar-refractivity contribution in [3.63, 3.8) is 0 Å². The number of benzene rings is 2. The molecule has 0 bridgehead atoms. The third-order valence-electron chi connectivity index (χ3n) is 4.08. The van der Waals surface area contributed by atoms with Gasteiger partial charge in [-0.15, -0.1) is 0 Å². The lowest BCUT2D eigenvalue weighted by Gasteiger charge is -2.21. The van der Waals surface area contributed by atoms with E-state index >= 15 is 0 Å². The van der Waals surface area contributed by atoms with Crippen molar-refractivity contribution in [2.45, 2.75) is 25.7 Å². The molecule has 1 N–H and O–H groups in total. The minimum absolute atomic E-state index is 0.0465. The Morgan fingerprint density at radius 3 is 2.33 bits per heavy atom. The van der Waals surface area contributed by atoms with Gasteiger partial charge in [0.2, 0.25) is 0 Å². The van der Waals surface area contributed by atoms with Gasteiger partial charge >= 0.3 is 0 Å². The van der Waals surface area contributed by atoms with Crippen molar-refractivity contribution in [1.82, 2.24) is 4.90 Å². The van der Waals surface area contributed by atoms with Gasteiger partial charge in [0, 0.05) is 24.8 Å². The van der Waals surface area contributed by atoms with E-state index in [1.807, 2.05) is 13.8 Å². The highest BCUT2D eigenvalue weighted by Crippen LogP contribution is 2.22. The van der Waals surface area contributed by atoms with Crippen LogP contribution in [-0.4, -0.2) is 39.9 Å². The highest BCUT2D eigenvalue weighted by Gasteiger charge is 2.20. The molecule has 0 radical (unpaired) electrons. The van der Waals surface area contributed by atoms with Crippen LogP contribution in [0.4, 0.5) is 5.69 Å². The molecule has 6 nitrogen and oxygen atoms in total. The first kappa shape index (κ1) is 20.8. The van der Waals surface area contributed by atoms with E-state index < -0.39 is 10.0 Å². The first-order valence-electron chi connectivity index (χ1n) is 8.67. The molecule has 0 heterocycles. The molecule has 7 heteroatoms. The fourth-order valence-corrected chi connectivity index (χ4v) is 3.79. The lowest BCUT2D eigenvalue weighted by molar-refractivity contribution is 0.0778. The summed E-state index contributed by atoms with van der Waals surface area (Å²) < 4.78 is 33.0. The first-order valence-corrected chi connectivity index (χ1v) is 10.2. The van der Waals surface area contributed by atoms with Crippen molar-refractivity contribution in [3.8, 4) is 5.75 Å². The van der Waals surface area contributed by atoms with Gasteiger partial charge in [0.15, 0.2) is 0 Å². The largest absolute Gasteiger partial charge is 0.497 e. The third-order valence-corrected chi connectivity index (χ3v) is 5.46. The summed E-state index contributed by atoms with van der Waals surface area (Å²) in [5.41, 5.74) is 1.54. The van der Waals surface area contributed by atoms with Gasteiger partial charge in [-0.1, -0.05) is 19.9 Å². The van der Waals surface area contributed by atoms with E-state index in [0.29, 0.717) is 29.5 Å². The normalized spacial score (nSPS) is 11.3. The van der Waals surface area contributed by atoms with E-state index in [2.05, 4.69) is 4.72 Å². The van der Waals surface area contributed by atoms with Crippen LogP contribution in [0.15, 0.2) is 47.4 Å². The molecule has 0 aliphatic rings. The number of nitrogens with zero attached hydrogens (tertiary/aromatic N) is 1. The van der Waals surface area contributed by atoms with E-state index in [9.17, 15) is 13.2 Å². The molecule has 0 aromatic heterocycles. The van der Waals surface area contributed by atoms with Gasteiger partial charge in [-0.05, 0) is 54.8 Å². The van der Waals surface area contributed by atoms with E-state index in [1.165, 1.54) is 12.1 Å². The minimum atomic E-state index is -3.82. The number of aryl methyl sites for hydroxylation is 1. The summed E-state index contributed by atoms with van der Waals surface area (Å²) in [7, 11) is -0.553. The van der Waals surface area contributed by atoms with E-state index in [0.717, 1.165) is 5.56 Å². The Labute approximate surface area is 161 Å². The summed E-state index contributed by atoms with van der Waals surface area (Å²) in [6.07, 6.45) is 0. The number of hydrogen-bond acceptors (Lipinski definition) is 4. The van der Waals surface area contributed by atoms with Crippen LogP contribution in [0.2, 0.25) is 0 Å². The second-order valence-electron chi connectivity index (χ2n) is 6.89. The molecular formula is C20H26N2O4S. The smallest absolute Gasteiger partial charge is 0.261 e. The summed E-state index contributed by atoms with van der Waals surface area (Å²) in [6, 6.07) is 11.2. The molecule has 0 aliphatic carbocycles. The Hall–Kier alpha value is -2.54. The number of anilines is 1. The van der Waals surface area contributed by atoms with Crippen LogP contribution in [0.3, 0.4) is 0 Å². The van der Waals surface area contributed by atoms with E-state index in [-0.39, 0.29) is 10.8 Å². The van der Waals surface area contributed by atoms with Crippen molar-refractivity contribution in [1.29, 1.82) is 0 Å². The van der Waals surface area contributed by atoms with Gasteiger partial charge in [-0.25, -0.2) is 8.42 Å². The number of ether oxygens (including phenoxy) is 1. The molecular weight excluding hydrogens is 364 g/mol. The number of hydrogen-bond donors (Lipinski definition) is 1. The minimum Gasteiger partial charge on any atom is -0.497 e. The average Bonchev–Trinajstić information content (AvgIpc) is 2.61. The maximum atomic E-state index is 12.7. The van der Waals surface area contributed by atoms with Crippen molar-refractivity contribution in [2.24, 2.45) is 5.92 Å². The Morgan fingerprint density at radius 1 is 1.15 bits per heavy atom. The molecule has 0 aliphatic heterocycles. The van der Waals surface area contributed by atoms with Crippen molar-refractivity contribution < 1.29 is 17.9 Å². The molecule has 0 atom stereocenters. The number of nitrogens with one attached hydrogen (secondary N) is 1. The molecule has 2 rings (SSSR count). The van der Waals surface area contributed by atoms with Crippen LogP contribution in [-0.2, 0) is 10.0 Å². The number of carbonyl (C=O) groups is 1. The quantitative estimate of drug-likeness (QED) is 0.785. The van der Waals surface area contributed by atoms with Crippen LogP contribution in [0.5, 0.6) is 5.75 Å². The van der Waals surface area contributed by atoms with Crippen LogP contribution in [0, 0.1) is 12.8 Å². The maximum absolute atomic E-state index is 12.7. The van der Waals surface area contributed by atoms with Crippen molar-refractivity contribution in [3.05, 3.63) is 53.6 Å². The van der Waals surface area contributed by atoms with Gasteiger partial charge < -0.3 is 9.64 Å². The van der Waals surface area contributed by atoms with Crippen molar-refractivity contribution >= 4 is 21.6 Å². The summed E-state index contributed by atoms with van der Waals surface area (Å²) in [5.74, 6) is 0.764. The SMILES string of the molecule is COc1ccc(NS(=O)(=O)c2ccc(C)c(C(=O)N(C)CC(C)C)c2)cc1. The van der Waals surface area contributed by atoms with Gasteiger partial charge in [0.25, 0.3) is 15.9 Å². The number of rotatable bonds is 7.